The van der Waals surface area contributed by atoms with Gasteiger partial charge in [-0.3, -0.25) is 0 Å². The Labute approximate surface area is 101 Å². The Morgan fingerprint density at radius 3 is 2.71 bits per heavy atom. The summed E-state index contributed by atoms with van der Waals surface area (Å²) in [5, 5.41) is 12.2. The summed E-state index contributed by atoms with van der Waals surface area (Å²) in [5.74, 6) is 0.701. The van der Waals surface area contributed by atoms with Crippen LogP contribution in [0.2, 0.25) is 0 Å². The van der Waals surface area contributed by atoms with Crippen molar-refractivity contribution in [3.05, 3.63) is 40.7 Å². The molecule has 0 radical (unpaired) electrons. The minimum absolute atomic E-state index is 0.0172. The number of rotatable bonds is 3. The quantitative estimate of drug-likeness (QED) is 0.852. The molecule has 0 fully saturated rings. The van der Waals surface area contributed by atoms with Gasteiger partial charge in [0.25, 0.3) is 0 Å². The standard InChI is InChI=1S/C12H17N5/c1-8-4-5-9(2)10(6-8)11(7-13)12-14-16-17(3)15-12/h4-6,11H,7,13H2,1-3H3. The van der Waals surface area contributed by atoms with Crippen molar-refractivity contribution in [1.82, 2.24) is 20.2 Å². The summed E-state index contributed by atoms with van der Waals surface area (Å²) in [6.45, 7) is 4.63. The number of nitrogens with two attached hydrogens (primary N) is 1. The highest BCUT2D eigenvalue weighted by Gasteiger charge is 2.19. The molecule has 0 bridgehead atoms. The van der Waals surface area contributed by atoms with Crippen LogP contribution in [0.3, 0.4) is 0 Å². The summed E-state index contributed by atoms with van der Waals surface area (Å²) in [4.78, 5) is 1.46. The molecule has 0 saturated heterocycles. The number of tetrazole rings is 1. The van der Waals surface area contributed by atoms with Gasteiger partial charge in [-0.05, 0) is 30.2 Å². The summed E-state index contributed by atoms with van der Waals surface area (Å²) in [6, 6.07) is 6.34. The molecule has 17 heavy (non-hydrogen) atoms. The fourth-order valence-electron chi connectivity index (χ4n) is 1.94. The van der Waals surface area contributed by atoms with E-state index < -0.39 is 0 Å². The molecule has 1 atom stereocenters. The molecular formula is C12H17N5. The molecule has 90 valence electrons. The fourth-order valence-corrected chi connectivity index (χ4v) is 1.94. The predicted molar refractivity (Wildman–Crippen MR) is 65.6 cm³/mol. The van der Waals surface area contributed by atoms with Crippen molar-refractivity contribution < 1.29 is 0 Å². The van der Waals surface area contributed by atoms with E-state index in [0.717, 1.165) is 0 Å². The Kier molecular flexibility index (Phi) is 3.19. The molecule has 2 aromatic rings. The van der Waals surface area contributed by atoms with E-state index in [1.54, 1.807) is 7.05 Å². The average Bonchev–Trinajstić information content (AvgIpc) is 2.71. The summed E-state index contributed by atoms with van der Waals surface area (Å²) < 4.78 is 0. The minimum atomic E-state index is 0.0172. The van der Waals surface area contributed by atoms with Crippen molar-refractivity contribution in [2.45, 2.75) is 19.8 Å². The second-order valence-corrected chi connectivity index (χ2v) is 4.29. The van der Waals surface area contributed by atoms with Crippen molar-refractivity contribution in [2.24, 2.45) is 12.8 Å². The van der Waals surface area contributed by atoms with Crippen molar-refractivity contribution in [2.75, 3.05) is 6.54 Å². The number of nitrogens with zero attached hydrogens (tertiary/aromatic N) is 4. The molecule has 1 unspecified atom stereocenters. The number of aromatic nitrogens is 4. The second-order valence-electron chi connectivity index (χ2n) is 4.29. The minimum Gasteiger partial charge on any atom is -0.329 e. The topological polar surface area (TPSA) is 69.6 Å². The van der Waals surface area contributed by atoms with Crippen LogP contribution >= 0.6 is 0 Å². The lowest BCUT2D eigenvalue weighted by molar-refractivity contribution is 0.624. The van der Waals surface area contributed by atoms with E-state index in [9.17, 15) is 0 Å². The number of benzene rings is 1. The molecule has 0 aliphatic rings. The van der Waals surface area contributed by atoms with Gasteiger partial charge in [0.15, 0.2) is 5.82 Å². The Hall–Kier alpha value is -1.75. The van der Waals surface area contributed by atoms with Gasteiger partial charge in [0.2, 0.25) is 0 Å². The zero-order chi connectivity index (χ0) is 12.4. The molecule has 0 aliphatic heterocycles. The molecule has 2 rings (SSSR count). The molecular weight excluding hydrogens is 214 g/mol. The SMILES string of the molecule is Cc1ccc(C)c(C(CN)c2nnn(C)n2)c1. The molecule has 2 N–H and O–H groups in total. The van der Waals surface area contributed by atoms with Gasteiger partial charge < -0.3 is 5.73 Å². The third-order valence-electron chi connectivity index (χ3n) is 2.88. The van der Waals surface area contributed by atoms with Crippen LogP contribution < -0.4 is 5.73 Å². The third-order valence-corrected chi connectivity index (χ3v) is 2.88. The van der Waals surface area contributed by atoms with Crippen molar-refractivity contribution in [3.63, 3.8) is 0 Å². The van der Waals surface area contributed by atoms with Crippen LogP contribution in [-0.4, -0.2) is 26.8 Å². The van der Waals surface area contributed by atoms with Crippen LogP contribution in [-0.2, 0) is 7.05 Å². The molecule has 0 saturated carbocycles. The van der Waals surface area contributed by atoms with Crippen LogP contribution in [0.25, 0.3) is 0 Å². The number of aryl methyl sites for hydroxylation is 3. The third kappa shape index (κ3) is 2.34. The van der Waals surface area contributed by atoms with Gasteiger partial charge in [-0.2, -0.15) is 4.80 Å². The normalized spacial score (nSPS) is 12.7. The van der Waals surface area contributed by atoms with Crippen LogP contribution in [0.4, 0.5) is 0 Å². The van der Waals surface area contributed by atoms with Gasteiger partial charge in [0, 0.05) is 6.54 Å². The summed E-state index contributed by atoms with van der Waals surface area (Å²) in [6.07, 6.45) is 0. The Balaban J connectivity index is 2.45. The van der Waals surface area contributed by atoms with Crippen molar-refractivity contribution >= 4 is 0 Å². The Morgan fingerprint density at radius 1 is 1.35 bits per heavy atom. The van der Waals surface area contributed by atoms with E-state index in [4.69, 9.17) is 5.73 Å². The molecule has 1 aromatic heterocycles. The molecule has 1 heterocycles. The maximum absolute atomic E-state index is 5.85. The Bertz CT molecular complexity index is 517. The monoisotopic (exact) mass is 231 g/mol. The van der Waals surface area contributed by atoms with Gasteiger partial charge >= 0.3 is 0 Å². The lowest BCUT2D eigenvalue weighted by atomic mass is 9.93. The highest BCUT2D eigenvalue weighted by atomic mass is 15.6. The van der Waals surface area contributed by atoms with E-state index >= 15 is 0 Å². The number of hydrogen-bond acceptors (Lipinski definition) is 4. The van der Waals surface area contributed by atoms with Crippen LogP contribution in [0.1, 0.15) is 28.4 Å². The van der Waals surface area contributed by atoms with E-state index in [2.05, 4.69) is 47.5 Å². The fraction of sp³-hybridized carbons (Fsp3) is 0.417. The van der Waals surface area contributed by atoms with Gasteiger partial charge in [0.1, 0.15) is 0 Å². The summed E-state index contributed by atoms with van der Waals surface area (Å²) in [7, 11) is 1.76. The number of hydrogen-bond donors (Lipinski definition) is 1. The summed E-state index contributed by atoms with van der Waals surface area (Å²) >= 11 is 0. The van der Waals surface area contributed by atoms with E-state index in [1.165, 1.54) is 21.5 Å². The van der Waals surface area contributed by atoms with Crippen molar-refractivity contribution in [1.29, 1.82) is 0 Å². The van der Waals surface area contributed by atoms with Gasteiger partial charge in [-0.1, -0.05) is 23.8 Å². The highest BCUT2D eigenvalue weighted by molar-refractivity contribution is 5.36. The molecule has 5 nitrogen and oxygen atoms in total. The predicted octanol–water partition coefficient (Wildman–Crippen LogP) is 0.918. The van der Waals surface area contributed by atoms with Gasteiger partial charge in [0.05, 0.1) is 13.0 Å². The van der Waals surface area contributed by atoms with Crippen LogP contribution in [0.5, 0.6) is 0 Å². The lowest BCUT2D eigenvalue weighted by Gasteiger charge is -2.14. The maximum atomic E-state index is 5.85. The van der Waals surface area contributed by atoms with E-state index in [0.29, 0.717) is 12.4 Å². The first-order valence-corrected chi connectivity index (χ1v) is 5.63. The van der Waals surface area contributed by atoms with Crippen LogP contribution in [0.15, 0.2) is 18.2 Å². The van der Waals surface area contributed by atoms with E-state index in [1.807, 2.05) is 0 Å². The first-order chi connectivity index (χ1) is 8.11. The highest BCUT2D eigenvalue weighted by Crippen LogP contribution is 2.24. The first kappa shape index (κ1) is 11.7. The van der Waals surface area contributed by atoms with E-state index in [-0.39, 0.29) is 5.92 Å². The average molecular weight is 231 g/mol. The van der Waals surface area contributed by atoms with Crippen molar-refractivity contribution in [3.8, 4) is 0 Å². The molecule has 0 spiro atoms. The zero-order valence-corrected chi connectivity index (χ0v) is 10.4. The zero-order valence-electron chi connectivity index (χ0n) is 10.4. The molecule has 0 amide bonds. The molecule has 0 aliphatic carbocycles. The first-order valence-electron chi connectivity index (χ1n) is 5.63. The molecule has 1 aromatic carbocycles. The lowest BCUT2D eigenvalue weighted by Crippen LogP contribution is -2.17. The second kappa shape index (κ2) is 4.63. The Morgan fingerprint density at radius 2 is 2.12 bits per heavy atom. The maximum Gasteiger partial charge on any atom is 0.183 e. The molecule has 5 heteroatoms. The summed E-state index contributed by atoms with van der Waals surface area (Å²) in [5.41, 5.74) is 9.45. The van der Waals surface area contributed by atoms with Gasteiger partial charge in [-0.25, -0.2) is 0 Å². The van der Waals surface area contributed by atoms with Gasteiger partial charge in [-0.15, -0.1) is 10.2 Å². The smallest absolute Gasteiger partial charge is 0.183 e. The largest absolute Gasteiger partial charge is 0.329 e. The van der Waals surface area contributed by atoms with Crippen LogP contribution in [0, 0.1) is 13.8 Å².